The molecular weight excluding hydrogens is 345 g/mol. The average molecular weight is 360 g/mol. The molecule has 0 aliphatic heterocycles. The number of hydrogen-bond donors (Lipinski definition) is 0. The molecule has 0 amide bonds. The molecule has 122 valence electrons. The number of para-hydroxylation sites is 2. The van der Waals surface area contributed by atoms with E-state index in [1.54, 1.807) is 18.2 Å². The van der Waals surface area contributed by atoms with Crippen LogP contribution in [0.2, 0.25) is 10.0 Å². The van der Waals surface area contributed by atoms with Crippen LogP contribution in [-0.2, 0) is 11.4 Å². The predicted molar refractivity (Wildman–Crippen MR) is 95.8 cm³/mol. The van der Waals surface area contributed by atoms with E-state index in [1.165, 1.54) is 0 Å². The molecule has 0 aliphatic rings. The van der Waals surface area contributed by atoms with Crippen molar-refractivity contribution in [3.05, 3.63) is 74.8 Å². The molecule has 0 unspecified atom stereocenters. The van der Waals surface area contributed by atoms with Gasteiger partial charge in [-0.3, -0.25) is 0 Å². The summed E-state index contributed by atoms with van der Waals surface area (Å²) in [6.45, 7) is 3.94. The smallest absolute Gasteiger partial charge is 0.145 e. The standard InChI is InChI=1S/C18H15Cl2N3O/c1-11-18(12(2)22-17-9-4-3-8-16(17)21-11)23-24-10-13-14(19)6-5-7-15(13)20/h3-9H,10H2,1-2H3. The Morgan fingerprint density at radius 3 is 1.96 bits per heavy atom. The number of aryl methyl sites for hydroxylation is 2. The minimum atomic E-state index is 0.176. The molecule has 0 spiro atoms. The van der Waals surface area contributed by atoms with Gasteiger partial charge >= 0.3 is 0 Å². The van der Waals surface area contributed by atoms with Gasteiger partial charge in [-0.15, -0.1) is 0 Å². The van der Waals surface area contributed by atoms with Crippen molar-refractivity contribution in [2.45, 2.75) is 20.5 Å². The summed E-state index contributed by atoms with van der Waals surface area (Å²) in [6, 6.07) is 13.0. The van der Waals surface area contributed by atoms with Gasteiger partial charge in [0.1, 0.15) is 12.0 Å². The molecule has 24 heavy (non-hydrogen) atoms. The van der Waals surface area contributed by atoms with E-state index in [-0.39, 0.29) is 6.61 Å². The monoisotopic (exact) mass is 359 g/mol. The van der Waals surface area contributed by atoms with Crippen LogP contribution < -0.4 is 5.36 Å². The number of halogens is 2. The van der Waals surface area contributed by atoms with Crippen molar-refractivity contribution in [1.82, 2.24) is 9.97 Å². The Morgan fingerprint density at radius 2 is 1.42 bits per heavy atom. The zero-order valence-electron chi connectivity index (χ0n) is 13.3. The maximum atomic E-state index is 6.14. The van der Waals surface area contributed by atoms with E-state index in [0.29, 0.717) is 21.0 Å². The van der Waals surface area contributed by atoms with Crippen LogP contribution in [0.3, 0.4) is 0 Å². The van der Waals surface area contributed by atoms with Crippen LogP contribution in [0, 0.1) is 13.8 Å². The van der Waals surface area contributed by atoms with Crippen LogP contribution in [0.25, 0.3) is 11.0 Å². The third-order valence-corrected chi connectivity index (χ3v) is 4.28. The van der Waals surface area contributed by atoms with Crippen molar-refractivity contribution in [2.75, 3.05) is 0 Å². The number of hydrogen-bond acceptors (Lipinski definition) is 4. The lowest BCUT2D eigenvalue weighted by Crippen LogP contribution is -2.11. The first-order valence-corrected chi connectivity index (χ1v) is 8.15. The van der Waals surface area contributed by atoms with Gasteiger partial charge in [-0.1, -0.05) is 46.6 Å². The second-order valence-corrected chi connectivity index (χ2v) is 6.11. The molecule has 4 nitrogen and oxygen atoms in total. The molecule has 0 bridgehead atoms. The van der Waals surface area contributed by atoms with Crippen LogP contribution in [0.5, 0.6) is 0 Å². The lowest BCUT2D eigenvalue weighted by molar-refractivity contribution is 0.119. The molecular formula is C18H15Cl2N3O. The summed E-state index contributed by atoms with van der Waals surface area (Å²) in [5, 5.41) is 5.91. The van der Waals surface area contributed by atoms with Crippen molar-refractivity contribution in [3.63, 3.8) is 0 Å². The average Bonchev–Trinajstić information content (AvgIpc) is 2.66. The molecule has 0 N–H and O–H groups in total. The number of nitrogens with zero attached hydrogens (tertiary/aromatic N) is 3. The van der Waals surface area contributed by atoms with E-state index in [2.05, 4.69) is 15.1 Å². The van der Waals surface area contributed by atoms with E-state index in [0.717, 1.165) is 22.4 Å². The molecule has 0 fully saturated rings. The Kier molecular flexibility index (Phi) is 4.97. The zero-order valence-corrected chi connectivity index (χ0v) is 14.8. The fourth-order valence-electron chi connectivity index (χ4n) is 2.35. The van der Waals surface area contributed by atoms with Crippen molar-refractivity contribution in [2.24, 2.45) is 5.16 Å². The Bertz CT molecular complexity index is 906. The summed E-state index contributed by atoms with van der Waals surface area (Å²) < 4.78 is 0. The third-order valence-electron chi connectivity index (χ3n) is 3.57. The van der Waals surface area contributed by atoms with Crippen molar-refractivity contribution < 1.29 is 4.84 Å². The number of benzene rings is 2. The van der Waals surface area contributed by atoms with E-state index in [9.17, 15) is 0 Å². The normalized spacial score (nSPS) is 10.7. The fraction of sp³-hybridized carbons (Fsp3) is 0.167. The van der Waals surface area contributed by atoms with Crippen LogP contribution in [-0.4, -0.2) is 9.97 Å². The maximum absolute atomic E-state index is 6.14. The predicted octanol–water partition coefficient (Wildman–Crippen LogP) is 4.59. The van der Waals surface area contributed by atoms with E-state index in [1.807, 2.05) is 38.1 Å². The third kappa shape index (κ3) is 3.50. The molecule has 0 atom stereocenters. The van der Waals surface area contributed by atoms with Crippen LogP contribution >= 0.6 is 23.2 Å². The summed E-state index contributed by atoms with van der Waals surface area (Å²) >= 11 is 12.3. The molecule has 6 heteroatoms. The van der Waals surface area contributed by atoms with E-state index < -0.39 is 0 Å². The summed E-state index contributed by atoms with van der Waals surface area (Å²) in [5.74, 6) is 0. The highest BCUT2D eigenvalue weighted by Crippen LogP contribution is 2.24. The van der Waals surface area contributed by atoms with E-state index >= 15 is 0 Å². The van der Waals surface area contributed by atoms with Gasteiger partial charge in [0.15, 0.2) is 0 Å². The Morgan fingerprint density at radius 1 is 0.875 bits per heavy atom. The highest BCUT2D eigenvalue weighted by atomic mass is 35.5. The van der Waals surface area contributed by atoms with Crippen LogP contribution in [0.4, 0.5) is 0 Å². The second-order valence-electron chi connectivity index (χ2n) is 5.30. The zero-order chi connectivity index (χ0) is 17.1. The van der Waals surface area contributed by atoms with E-state index in [4.69, 9.17) is 28.0 Å². The van der Waals surface area contributed by atoms with Gasteiger partial charge in [0.25, 0.3) is 0 Å². The molecule has 1 heterocycles. The Balaban J connectivity index is 1.98. The van der Waals surface area contributed by atoms with Crippen molar-refractivity contribution >= 4 is 34.2 Å². The minimum absolute atomic E-state index is 0.176. The topological polar surface area (TPSA) is 47.4 Å². The summed E-state index contributed by atoms with van der Waals surface area (Å²) in [5.41, 5.74) is 3.81. The van der Waals surface area contributed by atoms with Gasteiger partial charge in [0.05, 0.1) is 22.4 Å². The number of fused-ring (bicyclic) bond motifs is 1. The van der Waals surface area contributed by atoms with Crippen molar-refractivity contribution in [3.8, 4) is 0 Å². The van der Waals surface area contributed by atoms with Crippen LogP contribution in [0.15, 0.2) is 47.6 Å². The molecule has 1 aromatic heterocycles. The van der Waals surface area contributed by atoms with Crippen LogP contribution in [0.1, 0.15) is 17.0 Å². The fourth-order valence-corrected chi connectivity index (χ4v) is 2.85. The Labute approximate surface area is 149 Å². The lowest BCUT2D eigenvalue weighted by atomic mass is 10.2. The van der Waals surface area contributed by atoms with Gasteiger partial charge < -0.3 is 4.84 Å². The van der Waals surface area contributed by atoms with Gasteiger partial charge in [-0.05, 0) is 38.1 Å². The number of rotatable bonds is 3. The maximum Gasteiger partial charge on any atom is 0.145 e. The van der Waals surface area contributed by atoms with Gasteiger partial charge in [0.2, 0.25) is 0 Å². The Hall–Kier alpha value is -2.17. The first kappa shape index (κ1) is 16.7. The summed E-state index contributed by atoms with van der Waals surface area (Å²) in [6.07, 6.45) is 0. The summed E-state index contributed by atoms with van der Waals surface area (Å²) in [7, 11) is 0. The van der Waals surface area contributed by atoms with Gasteiger partial charge in [-0.2, -0.15) is 0 Å². The molecule has 0 saturated carbocycles. The SMILES string of the molecule is Cc1nc2ccccc2nc(C)c1=NOCc1c(Cl)cccc1Cl. The highest BCUT2D eigenvalue weighted by molar-refractivity contribution is 6.35. The molecule has 0 aliphatic carbocycles. The summed E-state index contributed by atoms with van der Waals surface area (Å²) in [4.78, 5) is 14.6. The molecule has 3 aromatic rings. The lowest BCUT2D eigenvalue weighted by Gasteiger charge is -2.05. The van der Waals surface area contributed by atoms with Gasteiger partial charge in [-0.25, -0.2) is 9.97 Å². The quantitative estimate of drug-likeness (QED) is 0.642. The highest BCUT2D eigenvalue weighted by Gasteiger charge is 2.06. The second kappa shape index (κ2) is 7.16. The largest absolute Gasteiger partial charge is 0.390 e. The molecule has 0 saturated heterocycles. The first-order chi connectivity index (χ1) is 11.6. The molecule has 0 radical (unpaired) electrons. The molecule has 3 rings (SSSR count). The van der Waals surface area contributed by atoms with Gasteiger partial charge in [0, 0.05) is 15.6 Å². The number of aromatic nitrogens is 2. The first-order valence-electron chi connectivity index (χ1n) is 7.39. The minimum Gasteiger partial charge on any atom is -0.390 e. The van der Waals surface area contributed by atoms with Crippen molar-refractivity contribution in [1.29, 1.82) is 0 Å². The molecule has 2 aromatic carbocycles.